The molecule has 3 heterocycles. The fourth-order valence-electron chi connectivity index (χ4n) is 11.0. The molecule has 1 aliphatic carbocycles. The Kier molecular flexibility index (Phi) is 19.7. The van der Waals surface area contributed by atoms with E-state index in [0.29, 0.717) is 63.0 Å². The van der Waals surface area contributed by atoms with Crippen LogP contribution in [0.5, 0.6) is 0 Å². The average Bonchev–Trinajstić information content (AvgIpc) is 3.45. The van der Waals surface area contributed by atoms with Crippen molar-refractivity contribution in [3.63, 3.8) is 0 Å². The Morgan fingerprint density at radius 2 is 0.901 bits per heavy atom. The van der Waals surface area contributed by atoms with Gasteiger partial charge in [-0.3, -0.25) is 29.3 Å². The number of hydrogen-bond donors (Lipinski definition) is 2. The van der Waals surface area contributed by atoms with E-state index in [1.54, 1.807) is 42.2 Å². The summed E-state index contributed by atoms with van der Waals surface area (Å²) in [5, 5.41) is 5.15. The van der Waals surface area contributed by atoms with E-state index in [1.165, 1.54) is 18.7 Å². The van der Waals surface area contributed by atoms with Crippen molar-refractivity contribution in [1.82, 2.24) is 20.4 Å². The van der Waals surface area contributed by atoms with Crippen LogP contribution in [0.25, 0.3) is 0 Å². The SMILES string of the molecule is CCC(=O)N[C@H]1CC[C@H](C(=O)N2CC[C@H](O[C@H](C)c3cc(C(F)(F)F)cc(C(F)(F)F)c3)[C@H](c3ccccc3)C2)CC1.C[C@@H](O[C@H]1CCN(C(=O)C2CC(=O)NC(=O)C2)C[C@H]1c1ccccc1)c1cc(C(F)(F)F)cc(C(F)(F)F)c1. The second-order valence-electron chi connectivity index (χ2n) is 21.0. The lowest BCUT2D eigenvalue weighted by Crippen LogP contribution is -2.50. The molecule has 4 fully saturated rings. The zero-order valence-electron chi connectivity index (χ0n) is 44.4. The fourth-order valence-corrected chi connectivity index (χ4v) is 11.0. The molecule has 0 bridgehead atoms. The van der Waals surface area contributed by atoms with E-state index in [1.807, 2.05) is 30.3 Å². The number of piperidine rings is 3. The van der Waals surface area contributed by atoms with Gasteiger partial charge in [0.2, 0.25) is 29.5 Å². The number of imide groups is 1. The molecule has 2 N–H and O–H groups in total. The highest BCUT2D eigenvalue weighted by molar-refractivity contribution is 6.02. The smallest absolute Gasteiger partial charge is 0.370 e. The largest absolute Gasteiger partial charge is 0.416 e. The van der Waals surface area contributed by atoms with Gasteiger partial charge in [0.15, 0.2) is 0 Å². The van der Waals surface area contributed by atoms with Crippen molar-refractivity contribution in [3.8, 4) is 0 Å². The van der Waals surface area contributed by atoms with Gasteiger partial charge in [-0.25, -0.2) is 0 Å². The summed E-state index contributed by atoms with van der Waals surface area (Å²) >= 11 is 0. The molecule has 11 nitrogen and oxygen atoms in total. The highest BCUT2D eigenvalue weighted by Gasteiger charge is 2.43. The molecule has 3 aliphatic heterocycles. The van der Waals surface area contributed by atoms with Crippen LogP contribution in [0.1, 0.15) is 147 Å². The maximum absolute atomic E-state index is 13.5. The van der Waals surface area contributed by atoms with Gasteiger partial charge in [0, 0.05) is 69.2 Å². The van der Waals surface area contributed by atoms with Gasteiger partial charge in [-0.2, -0.15) is 52.7 Å². The van der Waals surface area contributed by atoms with Crippen molar-refractivity contribution in [2.45, 2.75) is 146 Å². The zero-order chi connectivity index (χ0) is 59.2. The van der Waals surface area contributed by atoms with Gasteiger partial charge in [-0.1, -0.05) is 67.6 Å². The van der Waals surface area contributed by atoms with Crippen LogP contribution in [0, 0.1) is 11.8 Å². The van der Waals surface area contributed by atoms with Crippen LogP contribution < -0.4 is 10.6 Å². The lowest BCUT2D eigenvalue weighted by atomic mass is 9.83. The molecule has 23 heteroatoms. The summed E-state index contributed by atoms with van der Waals surface area (Å²) in [5.74, 6) is -3.15. The number of nitrogens with zero attached hydrogens (tertiary/aromatic N) is 2. The van der Waals surface area contributed by atoms with E-state index >= 15 is 0 Å². The van der Waals surface area contributed by atoms with Gasteiger partial charge in [-0.15, -0.1) is 0 Å². The number of carbonyl (C=O) groups is 5. The quantitative estimate of drug-likeness (QED) is 0.107. The van der Waals surface area contributed by atoms with Gasteiger partial charge >= 0.3 is 24.7 Å². The predicted molar refractivity (Wildman–Crippen MR) is 270 cm³/mol. The molecule has 0 radical (unpaired) electrons. The summed E-state index contributed by atoms with van der Waals surface area (Å²) in [6.45, 7) is 5.64. The first-order chi connectivity index (χ1) is 38.0. The molecule has 3 saturated heterocycles. The molecule has 0 unspecified atom stereocenters. The molecule has 5 amide bonds. The second kappa shape index (κ2) is 25.8. The summed E-state index contributed by atoms with van der Waals surface area (Å²) in [4.78, 5) is 65.3. The number of likely N-dealkylation sites (tertiary alicyclic amines) is 2. The number of nitrogens with one attached hydrogen (secondary N) is 2. The maximum Gasteiger partial charge on any atom is 0.416 e. The van der Waals surface area contributed by atoms with Gasteiger partial charge in [0.05, 0.1) is 52.6 Å². The number of rotatable bonds is 12. The Morgan fingerprint density at radius 3 is 1.25 bits per heavy atom. The summed E-state index contributed by atoms with van der Waals surface area (Å²) in [7, 11) is 0. The van der Waals surface area contributed by atoms with E-state index in [0.717, 1.165) is 24.0 Å². The first-order valence-electron chi connectivity index (χ1n) is 26.7. The minimum absolute atomic E-state index is 0.00783. The normalized spacial score (nSPS) is 23.1. The Bertz CT molecular complexity index is 2760. The molecule has 4 aliphatic rings. The number of halogens is 12. The predicted octanol–water partition coefficient (Wildman–Crippen LogP) is 12.5. The third-order valence-corrected chi connectivity index (χ3v) is 15.3. The van der Waals surface area contributed by atoms with Crippen molar-refractivity contribution in [2.24, 2.45) is 11.8 Å². The molecule has 6 atom stereocenters. The second-order valence-corrected chi connectivity index (χ2v) is 21.0. The number of benzene rings is 4. The van der Waals surface area contributed by atoms with Gasteiger partial charge in [0.1, 0.15) is 0 Å². The first-order valence-corrected chi connectivity index (χ1v) is 26.7. The van der Waals surface area contributed by atoms with E-state index in [9.17, 15) is 76.7 Å². The van der Waals surface area contributed by atoms with Crippen molar-refractivity contribution in [2.75, 3.05) is 26.2 Å². The molecule has 81 heavy (non-hydrogen) atoms. The molecule has 1 saturated carbocycles. The summed E-state index contributed by atoms with van der Waals surface area (Å²) < 4.78 is 173. The highest BCUT2D eigenvalue weighted by atomic mass is 19.4. The number of alkyl halides is 12. The average molecular weight is 1160 g/mol. The standard InChI is InChI=1S/C31H36F6N2O3.C27H26F6N2O4/c1-3-28(40)38-25-11-9-21(10-12-25)29(41)39-14-13-27(26(18-39)20-7-5-4-6-8-20)42-19(2)22-15-23(30(32,33)34)17-24(16-22)31(35,36)37;1-15(17-9-19(26(28,29)30)13-20(10-17)27(31,32)33)39-22-7-8-35(14-21(22)16-5-3-2-4-6-16)25(38)18-11-23(36)34-24(37)12-18/h4-8,15-17,19,21,25-27H,3,9-14,18H2,1-2H3,(H,38,40);2-6,9-10,13,15,18,21-22H,7-8,11-12,14H2,1H3,(H,34,36,37)/t19-,21-,25-,26+,27+;15-,21+,22+/m11/s1. The number of ether oxygens (including phenoxy) is 2. The number of carbonyl (C=O) groups excluding carboxylic acids is 5. The van der Waals surface area contributed by atoms with E-state index < -0.39 is 95.0 Å². The molecular weight excluding hydrogens is 1090 g/mol. The van der Waals surface area contributed by atoms with Gasteiger partial charge in [-0.05, 0) is 111 Å². The highest BCUT2D eigenvalue weighted by Crippen LogP contribution is 2.43. The topological polar surface area (TPSA) is 134 Å². The monoisotopic (exact) mass is 1150 g/mol. The lowest BCUT2D eigenvalue weighted by molar-refractivity contribution is -0.148. The van der Waals surface area contributed by atoms with E-state index in [-0.39, 0.29) is 91.2 Å². The van der Waals surface area contributed by atoms with Crippen LogP contribution in [0.3, 0.4) is 0 Å². The van der Waals surface area contributed by atoms with Crippen LogP contribution in [0.4, 0.5) is 52.7 Å². The molecule has 8 rings (SSSR count). The Labute approximate surface area is 460 Å². The number of hydrogen-bond acceptors (Lipinski definition) is 7. The number of amides is 5. The molecule has 4 aromatic carbocycles. The molecule has 0 spiro atoms. The first kappa shape index (κ1) is 62.1. The van der Waals surface area contributed by atoms with Crippen molar-refractivity contribution < 1.29 is 86.1 Å². The summed E-state index contributed by atoms with van der Waals surface area (Å²) in [6.07, 6.45) is -19.6. The minimum Gasteiger partial charge on any atom is -0.370 e. The molecule has 4 aromatic rings. The van der Waals surface area contributed by atoms with Crippen molar-refractivity contribution in [3.05, 3.63) is 142 Å². The van der Waals surface area contributed by atoms with Crippen molar-refractivity contribution >= 4 is 29.5 Å². The Morgan fingerprint density at radius 1 is 0.543 bits per heavy atom. The third kappa shape index (κ3) is 16.4. The van der Waals surface area contributed by atoms with Gasteiger partial charge in [0.25, 0.3) is 0 Å². The Balaban J connectivity index is 0.000000234. The molecule has 440 valence electrons. The lowest BCUT2D eigenvalue weighted by Gasteiger charge is -2.42. The van der Waals surface area contributed by atoms with Crippen LogP contribution in [-0.2, 0) is 58.2 Å². The van der Waals surface area contributed by atoms with Crippen LogP contribution >= 0.6 is 0 Å². The van der Waals surface area contributed by atoms with Gasteiger partial charge < -0.3 is 24.6 Å². The minimum atomic E-state index is -4.98. The van der Waals surface area contributed by atoms with Crippen LogP contribution in [0.15, 0.2) is 97.1 Å². The third-order valence-electron chi connectivity index (χ3n) is 15.3. The summed E-state index contributed by atoms with van der Waals surface area (Å²) in [5.41, 5.74) is -4.45. The van der Waals surface area contributed by atoms with Crippen LogP contribution in [-0.4, -0.2) is 83.8 Å². The Hall–Kier alpha value is -6.49. The van der Waals surface area contributed by atoms with Crippen molar-refractivity contribution in [1.29, 1.82) is 0 Å². The molecule has 0 aromatic heterocycles. The fraction of sp³-hybridized carbons (Fsp3) is 0.500. The maximum atomic E-state index is 13.5. The zero-order valence-corrected chi connectivity index (χ0v) is 44.4. The molecular formula is C58H62F12N4O7. The van der Waals surface area contributed by atoms with E-state index in [4.69, 9.17) is 9.47 Å². The van der Waals surface area contributed by atoms with Crippen LogP contribution in [0.2, 0.25) is 0 Å². The summed E-state index contributed by atoms with van der Waals surface area (Å²) in [6, 6.07) is 21.1. The van der Waals surface area contributed by atoms with E-state index in [2.05, 4.69) is 10.6 Å².